The van der Waals surface area contributed by atoms with Crippen LogP contribution in [0, 0.1) is 11.3 Å². The number of anilines is 1. The number of rotatable bonds is 3. The molecule has 1 aromatic rings. The predicted molar refractivity (Wildman–Crippen MR) is 68.4 cm³/mol. The summed E-state index contributed by atoms with van der Waals surface area (Å²) in [4.78, 5) is 1.95. The summed E-state index contributed by atoms with van der Waals surface area (Å²) in [5.41, 5.74) is 0.836. The lowest BCUT2D eigenvalue weighted by Gasteiger charge is -2.27. The van der Waals surface area contributed by atoms with Crippen LogP contribution in [0.5, 0.6) is 0 Å². The minimum Gasteiger partial charge on any atom is -0.389 e. The standard InChI is InChI=1S/C12H15BrN2O/c1-12(2,16)8-15(3)10-5-4-9(7-14)11(13)6-10/h4-6,16H,8H2,1-3H3. The molecule has 0 atom stereocenters. The highest BCUT2D eigenvalue weighted by Gasteiger charge is 2.16. The van der Waals surface area contributed by atoms with Gasteiger partial charge >= 0.3 is 0 Å². The minimum atomic E-state index is -0.741. The molecule has 0 aliphatic carbocycles. The normalized spacial score (nSPS) is 11.0. The van der Waals surface area contributed by atoms with Crippen molar-refractivity contribution in [1.29, 1.82) is 5.26 Å². The topological polar surface area (TPSA) is 47.3 Å². The monoisotopic (exact) mass is 282 g/mol. The van der Waals surface area contributed by atoms with Crippen molar-refractivity contribution in [2.45, 2.75) is 19.4 Å². The van der Waals surface area contributed by atoms with E-state index in [1.807, 2.05) is 24.1 Å². The maximum atomic E-state index is 9.71. The lowest BCUT2D eigenvalue weighted by atomic mass is 10.1. The summed E-state index contributed by atoms with van der Waals surface area (Å²) < 4.78 is 0.773. The van der Waals surface area contributed by atoms with Crippen LogP contribution in [0.4, 0.5) is 5.69 Å². The molecule has 0 aromatic heterocycles. The number of hydrogen-bond donors (Lipinski definition) is 1. The van der Waals surface area contributed by atoms with E-state index in [1.165, 1.54) is 0 Å². The number of aliphatic hydroxyl groups is 1. The summed E-state index contributed by atoms with van der Waals surface area (Å²) in [7, 11) is 1.91. The first kappa shape index (κ1) is 13.0. The van der Waals surface area contributed by atoms with Crippen molar-refractivity contribution in [3.05, 3.63) is 28.2 Å². The van der Waals surface area contributed by atoms with Gasteiger partial charge in [-0.1, -0.05) is 0 Å². The highest BCUT2D eigenvalue weighted by atomic mass is 79.9. The van der Waals surface area contributed by atoms with E-state index in [9.17, 15) is 5.11 Å². The Labute approximate surface area is 104 Å². The number of nitrogens with zero attached hydrogens (tertiary/aromatic N) is 2. The second-order valence-electron chi connectivity index (χ2n) is 4.44. The number of nitriles is 1. The van der Waals surface area contributed by atoms with E-state index in [-0.39, 0.29) is 0 Å². The van der Waals surface area contributed by atoms with Gasteiger partial charge in [-0.15, -0.1) is 0 Å². The maximum absolute atomic E-state index is 9.71. The molecule has 0 bridgehead atoms. The lowest BCUT2D eigenvalue weighted by Crippen LogP contribution is -2.36. The molecule has 1 aromatic carbocycles. The van der Waals surface area contributed by atoms with Gasteiger partial charge in [0.2, 0.25) is 0 Å². The van der Waals surface area contributed by atoms with Gasteiger partial charge in [-0.2, -0.15) is 5.26 Å². The van der Waals surface area contributed by atoms with Crippen molar-refractivity contribution in [2.75, 3.05) is 18.5 Å². The first-order chi connectivity index (χ1) is 7.33. The average molecular weight is 283 g/mol. The Morgan fingerprint density at radius 2 is 2.12 bits per heavy atom. The molecule has 0 radical (unpaired) electrons. The molecule has 0 saturated heterocycles. The molecule has 1 N–H and O–H groups in total. The van der Waals surface area contributed by atoms with Crippen molar-refractivity contribution in [2.24, 2.45) is 0 Å². The summed E-state index contributed by atoms with van der Waals surface area (Å²) in [6.45, 7) is 4.07. The third-order valence-corrected chi connectivity index (χ3v) is 2.79. The molecular weight excluding hydrogens is 268 g/mol. The Morgan fingerprint density at radius 1 is 1.50 bits per heavy atom. The van der Waals surface area contributed by atoms with E-state index in [1.54, 1.807) is 19.9 Å². The van der Waals surface area contributed by atoms with Gasteiger partial charge < -0.3 is 10.0 Å². The smallest absolute Gasteiger partial charge is 0.100 e. The first-order valence-electron chi connectivity index (χ1n) is 4.96. The van der Waals surface area contributed by atoms with E-state index in [0.29, 0.717) is 12.1 Å². The van der Waals surface area contributed by atoms with Crippen LogP contribution in [0.3, 0.4) is 0 Å². The van der Waals surface area contributed by atoms with Gasteiger partial charge in [0.25, 0.3) is 0 Å². The fraction of sp³-hybridized carbons (Fsp3) is 0.417. The predicted octanol–water partition coefficient (Wildman–Crippen LogP) is 2.53. The molecule has 0 saturated carbocycles. The van der Waals surface area contributed by atoms with E-state index in [4.69, 9.17) is 5.26 Å². The van der Waals surface area contributed by atoms with Crippen LogP contribution in [0.2, 0.25) is 0 Å². The molecule has 0 spiro atoms. The quantitative estimate of drug-likeness (QED) is 0.927. The van der Waals surface area contributed by atoms with Crippen molar-refractivity contribution >= 4 is 21.6 Å². The lowest BCUT2D eigenvalue weighted by molar-refractivity contribution is 0.0886. The molecule has 0 aliphatic rings. The molecule has 4 heteroatoms. The van der Waals surface area contributed by atoms with Crippen LogP contribution in [-0.2, 0) is 0 Å². The zero-order valence-corrected chi connectivity index (χ0v) is 11.2. The fourth-order valence-corrected chi connectivity index (χ4v) is 1.96. The second kappa shape index (κ2) is 4.86. The minimum absolute atomic E-state index is 0.533. The van der Waals surface area contributed by atoms with Crippen LogP contribution in [0.15, 0.2) is 22.7 Å². The van der Waals surface area contributed by atoms with Crippen LogP contribution in [0.1, 0.15) is 19.4 Å². The molecule has 0 aliphatic heterocycles. The number of likely N-dealkylation sites (N-methyl/N-ethyl adjacent to an activating group) is 1. The Morgan fingerprint density at radius 3 is 2.56 bits per heavy atom. The van der Waals surface area contributed by atoms with E-state index < -0.39 is 5.60 Å². The van der Waals surface area contributed by atoms with Crippen LogP contribution in [-0.4, -0.2) is 24.3 Å². The molecule has 0 unspecified atom stereocenters. The van der Waals surface area contributed by atoms with Gasteiger partial charge in [-0.05, 0) is 48.0 Å². The van der Waals surface area contributed by atoms with Gasteiger partial charge in [0, 0.05) is 23.8 Å². The van der Waals surface area contributed by atoms with Gasteiger partial charge in [0.05, 0.1) is 11.2 Å². The molecule has 16 heavy (non-hydrogen) atoms. The molecular formula is C12H15BrN2O. The molecule has 0 heterocycles. The van der Waals surface area contributed by atoms with Crippen molar-refractivity contribution < 1.29 is 5.11 Å². The van der Waals surface area contributed by atoms with Crippen LogP contribution >= 0.6 is 15.9 Å². The Hall–Kier alpha value is -1.05. The third kappa shape index (κ3) is 3.51. The van der Waals surface area contributed by atoms with E-state index >= 15 is 0 Å². The number of halogens is 1. The molecule has 0 fully saturated rings. The van der Waals surface area contributed by atoms with Gasteiger partial charge in [-0.25, -0.2) is 0 Å². The summed E-state index contributed by atoms with van der Waals surface area (Å²) in [6, 6.07) is 7.61. The fourth-order valence-electron chi connectivity index (χ4n) is 1.50. The molecule has 86 valence electrons. The van der Waals surface area contributed by atoms with E-state index in [2.05, 4.69) is 22.0 Å². The van der Waals surface area contributed by atoms with Crippen molar-refractivity contribution in [1.82, 2.24) is 0 Å². The van der Waals surface area contributed by atoms with Gasteiger partial charge in [0.15, 0.2) is 0 Å². The largest absolute Gasteiger partial charge is 0.389 e. The molecule has 1 rings (SSSR count). The number of hydrogen-bond acceptors (Lipinski definition) is 3. The summed E-state index contributed by atoms with van der Waals surface area (Å²) in [5, 5.41) is 18.5. The van der Waals surface area contributed by atoms with Crippen molar-refractivity contribution in [3.8, 4) is 6.07 Å². The molecule has 3 nitrogen and oxygen atoms in total. The second-order valence-corrected chi connectivity index (χ2v) is 5.30. The summed E-state index contributed by atoms with van der Waals surface area (Å²) >= 11 is 3.34. The van der Waals surface area contributed by atoms with Gasteiger partial charge in [-0.3, -0.25) is 0 Å². The Balaban J connectivity index is 2.90. The van der Waals surface area contributed by atoms with Gasteiger partial charge in [0.1, 0.15) is 6.07 Å². The highest BCUT2D eigenvalue weighted by molar-refractivity contribution is 9.10. The number of benzene rings is 1. The van der Waals surface area contributed by atoms with Crippen LogP contribution in [0.25, 0.3) is 0 Å². The Bertz CT molecular complexity index is 418. The highest BCUT2D eigenvalue weighted by Crippen LogP contribution is 2.23. The zero-order chi connectivity index (χ0) is 12.3. The Kier molecular flexibility index (Phi) is 3.95. The SMILES string of the molecule is CN(CC(C)(C)O)c1ccc(C#N)c(Br)c1. The third-order valence-electron chi connectivity index (χ3n) is 2.14. The first-order valence-corrected chi connectivity index (χ1v) is 5.76. The molecule has 0 amide bonds. The summed E-state index contributed by atoms with van der Waals surface area (Å²) in [6.07, 6.45) is 0. The van der Waals surface area contributed by atoms with E-state index in [0.717, 1.165) is 10.2 Å². The maximum Gasteiger partial charge on any atom is 0.100 e. The van der Waals surface area contributed by atoms with Crippen molar-refractivity contribution in [3.63, 3.8) is 0 Å². The zero-order valence-electron chi connectivity index (χ0n) is 9.66. The average Bonchev–Trinajstić information content (AvgIpc) is 2.15. The summed E-state index contributed by atoms with van der Waals surface area (Å²) in [5.74, 6) is 0. The van der Waals surface area contributed by atoms with Crippen LogP contribution < -0.4 is 4.90 Å².